The third-order valence-electron chi connectivity index (χ3n) is 2.17. The van der Waals surface area contributed by atoms with E-state index in [-0.39, 0.29) is 5.69 Å². The van der Waals surface area contributed by atoms with Gasteiger partial charge in [0.05, 0.1) is 18.7 Å². The molecule has 2 heterocycles. The van der Waals surface area contributed by atoms with Crippen LogP contribution >= 0.6 is 0 Å². The molecule has 0 aliphatic rings. The van der Waals surface area contributed by atoms with Gasteiger partial charge in [-0.3, -0.25) is 9.67 Å². The molecule has 2 aromatic heterocycles. The number of hydrogen-bond acceptors (Lipinski definition) is 2. The number of alkyl halides is 3. The van der Waals surface area contributed by atoms with E-state index in [9.17, 15) is 13.2 Å². The van der Waals surface area contributed by atoms with Gasteiger partial charge < -0.3 is 0 Å². The quantitative estimate of drug-likeness (QED) is 0.826. The fourth-order valence-electron chi connectivity index (χ4n) is 1.47. The standard InChI is InChI=1S/C11H10F3N3/c12-11(13,14)7-10-3-6-17(16-10)8-9-1-4-15-5-2-9/h1-6H,7-8H2. The molecule has 0 radical (unpaired) electrons. The third kappa shape index (κ3) is 3.58. The molecule has 17 heavy (non-hydrogen) atoms. The molecule has 90 valence electrons. The predicted octanol–water partition coefficient (Wildman–Crippen LogP) is 2.43. The minimum Gasteiger partial charge on any atom is -0.268 e. The Labute approximate surface area is 95.9 Å². The van der Waals surface area contributed by atoms with Crippen molar-refractivity contribution in [3.8, 4) is 0 Å². The molecule has 0 amide bonds. The molecule has 0 aromatic carbocycles. The number of pyridine rings is 1. The Morgan fingerprint density at radius 2 is 1.82 bits per heavy atom. The highest BCUT2D eigenvalue weighted by atomic mass is 19.4. The second-order valence-corrected chi connectivity index (χ2v) is 3.65. The van der Waals surface area contributed by atoms with Crippen molar-refractivity contribution < 1.29 is 13.2 Å². The van der Waals surface area contributed by atoms with Crippen molar-refractivity contribution in [2.45, 2.75) is 19.1 Å². The largest absolute Gasteiger partial charge is 0.394 e. The maximum Gasteiger partial charge on any atom is 0.394 e. The van der Waals surface area contributed by atoms with Crippen LogP contribution < -0.4 is 0 Å². The van der Waals surface area contributed by atoms with Crippen LogP contribution in [0.2, 0.25) is 0 Å². The number of rotatable bonds is 3. The Hall–Kier alpha value is -1.85. The summed E-state index contributed by atoms with van der Waals surface area (Å²) in [5, 5.41) is 3.87. The van der Waals surface area contributed by atoms with E-state index >= 15 is 0 Å². The fourth-order valence-corrected chi connectivity index (χ4v) is 1.47. The summed E-state index contributed by atoms with van der Waals surface area (Å²) in [6.07, 6.45) is -0.390. The Bertz CT molecular complexity index is 476. The van der Waals surface area contributed by atoms with E-state index in [0.717, 1.165) is 5.56 Å². The van der Waals surface area contributed by atoms with Crippen LogP contribution in [0.1, 0.15) is 11.3 Å². The average molecular weight is 241 g/mol. The summed E-state index contributed by atoms with van der Waals surface area (Å²) in [4.78, 5) is 3.86. The first kappa shape index (κ1) is 11.6. The van der Waals surface area contributed by atoms with Gasteiger partial charge in [-0.25, -0.2) is 0 Å². The fraction of sp³-hybridized carbons (Fsp3) is 0.273. The summed E-state index contributed by atoms with van der Waals surface area (Å²) < 4.78 is 37.8. The summed E-state index contributed by atoms with van der Waals surface area (Å²) in [5.41, 5.74) is 0.980. The van der Waals surface area contributed by atoms with Gasteiger partial charge in [0.25, 0.3) is 0 Å². The molecule has 0 bridgehead atoms. The molecule has 0 saturated heterocycles. The lowest BCUT2D eigenvalue weighted by molar-refractivity contribution is -0.127. The van der Waals surface area contributed by atoms with Crippen LogP contribution in [0.5, 0.6) is 0 Å². The first-order valence-electron chi connectivity index (χ1n) is 5.01. The molecule has 0 saturated carbocycles. The zero-order chi connectivity index (χ0) is 12.3. The van der Waals surface area contributed by atoms with Gasteiger partial charge in [-0.05, 0) is 23.8 Å². The van der Waals surface area contributed by atoms with Crippen LogP contribution in [0.15, 0.2) is 36.8 Å². The summed E-state index contributed by atoms with van der Waals surface area (Å²) in [6.45, 7) is 0.445. The van der Waals surface area contributed by atoms with Crippen molar-refractivity contribution in [2.24, 2.45) is 0 Å². The normalized spacial score (nSPS) is 11.7. The van der Waals surface area contributed by atoms with Gasteiger partial charge in [0.15, 0.2) is 0 Å². The summed E-state index contributed by atoms with van der Waals surface area (Å²) in [6, 6.07) is 4.98. The Morgan fingerprint density at radius 3 is 2.47 bits per heavy atom. The smallest absolute Gasteiger partial charge is 0.268 e. The highest BCUT2D eigenvalue weighted by molar-refractivity contribution is 5.11. The highest BCUT2D eigenvalue weighted by Crippen LogP contribution is 2.20. The van der Waals surface area contributed by atoms with Gasteiger partial charge in [0.1, 0.15) is 0 Å². The van der Waals surface area contributed by atoms with E-state index in [1.807, 2.05) is 0 Å². The van der Waals surface area contributed by atoms with Crippen molar-refractivity contribution in [1.82, 2.24) is 14.8 Å². The van der Waals surface area contributed by atoms with Gasteiger partial charge in [-0.1, -0.05) is 0 Å². The van der Waals surface area contributed by atoms with Crippen molar-refractivity contribution in [3.63, 3.8) is 0 Å². The lowest BCUT2D eigenvalue weighted by Gasteiger charge is -2.03. The lowest BCUT2D eigenvalue weighted by Crippen LogP contribution is -2.12. The number of halogens is 3. The van der Waals surface area contributed by atoms with E-state index in [1.165, 1.54) is 10.7 Å². The van der Waals surface area contributed by atoms with E-state index in [4.69, 9.17) is 0 Å². The van der Waals surface area contributed by atoms with E-state index in [2.05, 4.69) is 10.1 Å². The summed E-state index contributed by atoms with van der Waals surface area (Å²) in [5.74, 6) is 0. The highest BCUT2D eigenvalue weighted by Gasteiger charge is 2.28. The molecule has 2 aromatic rings. The molecule has 0 atom stereocenters. The first-order chi connectivity index (χ1) is 8.03. The van der Waals surface area contributed by atoms with Crippen LogP contribution in [-0.2, 0) is 13.0 Å². The topological polar surface area (TPSA) is 30.7 Å². The predicted molar refractivity (Wildman–Crippen MR) is 55.3 cm³/mol. The van der Waals surface area contributed by atoms with E-state index < -0.39 is 12.6 Å². The van der Waals surface area contributed by atoms with Crippen LogP contribution in [0.25, 0.3) is 0 Å². The van der Waals surface area contributed by atoms with E-state index in [0.29, 0.717) is 6.54 Å². The summed E-state index contributed by atoms with van der Waals surface area (Å²) >= 11 is 0. The van der Waals surface area contributed by atoms with Crippen molar-refractivity contribution in [2.75, 3.05) is 0 Å². The van der Waals surface area contributed by atoms with Crippen molar-refractivity contribution >= 4 is 0 Å². The van der Waals surface area contributed by atoms with Gasteiger partial charge in [-0.2, -0.15) is 18.3 Å². The Balaban J connectivity index is 2.04. The molecule has 0 aliphatic heterocycles. The van der Waals surface area contributed by atoms with Gasteiger partial charge in [0, 0.05) is 18.6 Å². The average Bonchev–Trinajstić information content (AvgIpc) is 2.64. The summed E-state index contributed by atoms with van der Waals surface area (Å²) in [7, 11) is 0. The molecule has 0 N–H and O–H groups in total. The Morgan fingerprint density at radius 1 is 1.12 bits per heavy atom. The maximum atomic E-state index is 12.1. The maximum absolute atomic E-state index is 12.1. The zero-order valence-corrected chi connectivity index (χ0v) is 8.85. The molecule has 0 unspecified atom stereocenters. The van der Waals surface area contributed by atoms with Gasteiger partial charge in [0.2, 0.25) is 0 Å². The van der Waals surface area contributed by atoms with Gasteiger partial charge >= 0.3 is 6.18 Å². The van der Waals surface area contributed by atoms with Crippen molar-refractivity contribution in [3.05, 3.63) is 48.0 Å². The molecular formula is C11H10F3N3. The molecule has 0 fully saturated rings. The zero-order valence-electron chi connectivity index (χ0n) is 8.85. The molecule has 0 aliphatic carbocycles. The Kier molecular flexibility index (Phi) is 3.12. The van der Waals surface area contributed by atoms with Crippen LogP contribution in [0.3, 0.4) is 0 Å². The third-order valence-corrected chi connectivity index (χ3v) is 2.17. The number of aromatic nitrogens is 3. The monoisotopic (exact) mass is 241 g/mol. The minimum absolute atomic E-state index is 0.0338. The van der Waals surface area contributed by atoms with Crippen LogP contribution in [-0.4, -0.2) is 20.9 Å². The number of nitrogens with zero attached hydrogens (tertiary/aromatic N) is 3. The second kappa shape index (κ2) is 4.57. The minimum atomic E-state index is -4.21. The van der Waals surface area contributed by atoms with Crippen molar-refractivity contribution in [1.29, 1.82) is 0 Å². The van der Waals surface area contributed by atoms with Gasteiger partial charge in [-0.15, -0.1) is 0 Å². The lowest BCUT2D eigenvalue weighted by atomic mass is 10.3. The van der Waals surface area contributed by atoms with Crippen LogP contribution in [0.4, 0.5) is 13.2 Å². The van der Waals surface area contributed by atoms with E-state index in [1.54, 1.807) is 30.7 Å². The molecule has 2 rings (SSSR count). The SMILES string of the molecule is FC(F)(F)Cc1ccn(Cc2ccncc2)n1. The molecular weight excluding hydrogens is 231 g/mol. The molecule has 0 spiro atoms. The molecule has 6 heteroatoms. The number of hydrogen-bond donors (Lipinski definition) is 0. The van der Waals surface area contributed by atoms with Crippen LogP contribution in [0, 0.1) is 0 Å². The molecule has 3 nitrogen and oxygen atoms in total. The first-order valence-corrected chi connectivity index (χ1v) is 5.01. The second-order valence-electron chi connectivity index (χ2n) is 3.65.